The van der Waals surface area contributed by atoms with Crippen LogP contribution in [0.25, 0.3) is 0 Å². The molecular formula is C16H17ClFN3O2. The van der Waals surface area contributed by atoms with Crippen LogP contribution in [-0.2, 0) is 13.6 Å². The van der Waals surface area contributed by atoms with Crippen LogP contribution in [0.2, 0.25) is 0 Å². The lowest BCUT2D eigenvalue weighted by atomic mass is 10.2. The molecule has 0 aliphatic carbocycles. The minimum Gasteiger partial charge on any atom is -0.486 e. The topological polar surface area (TPSA) is 56.1 Å². The van der Waals surface area contributed by atoms with Crippen LogP contribution in [0, 0.1) is 12.7 Å². The van der Waals surface area contributed by atoms with Crippen LogP contribution in [0.15, 0.2) is 35.9 Å². The van der Waals surface area contributed by atoms with Crippen molar-refractivity contribution in [2.45, 2.75) is 13.5 Å². The summed E-state index contributed by atoms with van der Waals surface area (Å²) in [4.78, 5) is 12.1. The number of rotatable bonds is 6. The van der Waals surface area contributed by atoms with Gasteiger partial charge in [0.2, 0.25) is 0 Å². The summed E-state index contributed by atoms with van der Waals surface area (Å²) in [7, 11) is 1.68. The van der Waals surface area contributed by atoms with E-state index in [2.05, 4.69) is 10.4 Å². The molecule has 0 aliphatic rings. The highest BCUT2D eigenvalue weighted by Crippen LogP contribution is 2.20. The molecule has 0 atom stereocenters. The van der Waals surface area contributed by atoms with E-state index in [0.29, 0.717) is 11.3 Å². The van der Waals surface area contributed by atoms with Crippen LogP contribution in [0.5, 0.6) is 5.75 Å². The number of nitrogens with zero attached hydrogens (tertiary/aromatic N) is 2. The minimum atomic E-state index is -0.503. The van der Waals surface area contributed by atoms with Crippen LogP contribution in [0.4, 0.5) is 4.39 Å². The lowest BCUT2D eigenvalue weighted by Gasteiger charge is -2.10. The summed E-state index contributed by atoms with van der Waals surface area (Å²) >= 11 is 5.39. The number of nitrogens with one attached hydrogen (secondary N) is 1. The second-order valence-electron chi connectivity index (χ2n) is 4.88. The van der Waals surface area contributed by atoms with Crippen molar-refractivity contribution in [2.75, 3.05) is 6.61 Å². The number of amides is 1. The summed E-state index contributed by atoms with van der Waals surface area (Å²) in [6.45, 7) is 2.02. The van der Waals surface area contributed by atoms with E-state index in [1.165, 1.54) is 16.3 Å². The van der Waals surface area contributed by atoms with Crippen molar-refractivity contribution >= 4 is 17.5 Å². The molecule has 0 aliphatic heterocycles. The molecule has 2 aromatic rings. The van der Waals surface area contributed by atoms with E-state index in [-0.39, 0.29) is 24.8 Å². The molecule has 2 rings (SSSR count). The molecule has 1 aromatic carbocycles. The number of halogens is 2. The van der Waals surface area contributed by atoms with Crippen molar-refractivity contribution < 1.29 is 13.9 Å². The Bertz CT molecular complexity index is 728. The monoisotopic (exact) mass is 337 g/mol. The Morgan fingerprint density at radius 3 is 2.96 bits per heavy atom. The zero-order valence-corrected chi connectivity index (χ0v) is 13.6. The number of carbonyl (C=O) groups excluding carboxylic acids is 1. The molecule has 0 saturated heterocycles. The summed E-state index contributed by atoms with van der Waals surface area (Å²) in [6.07, 6.45) is 1.56. The quantitative estimate of drug-likeness (QED) is 0.881. The van der Waals surface area contributed by atoms with Gasteiger partial charge in [-0.15, -0.1) is 0 Å². The zero-order valence-electron chi connectivity index (χ0n) is 12.8. The standard InChI is InChI=1S/C16H17ClFN3O2/c1-11-9-13(21(2)20-11)16(22)19-10-12-5-3-6-14(15(12)18)23-8-4-7-17/h3-7,9H,8,10H2,1-2H3,(H,19,22). The summed E-state index contributed by atoms with van der Waals surface area (Å²) in [5.41, 5.74) is 2.80. The third-order valence-corrected chi connectivity index (χ3v) is 3.32. The molecule has 1 aromatic heterocycles. The molecule has 1 heterocycles. The van der Waals surface area contributed by atoms with E-state index >= 15 is 0 Å². The second kappa shape index (κ2) is 7.78. The number of ether oxygens (including phenoxy) is 1. The molecular weight excluding hydrogens is 321 g/mol. The first-order valence-electron chi connectivity index (χ1n) is 6.97. The SMILES string of the molecule is Cc1cc(C(=O)NCc2cccc(OCC=CCl)c2F)n(C)n1. The van der Waals surface area contributed by atoms with Crippen LogP contribution < -0.4 is 10.1 Å². The summed E-state index contributed by atoms with van der Waals surface area (Å²) in [5, 5.41) is 6.78. The van der Waals surface area contributed by atoms with Crippen molar-refractivity contribution in [2.24, 2.45) is 7.05 Å². The normalized spacial score (nSPS) is 11.0. The first kappa shape index (κ1) is 17.0. The number of hydrogen-bond acceptors (Lipinski definition) is 3. The molecule has 122 valence electrons. The summed E-state index contributed by atoms with van der Waals surface area (Å²) in [5.74, 6) is -0.705. The van der Waals surface area contributed by atoms with E-state index in [0.717, 1.165) is 5.69 Å². The molecule has 0 fully saturated rings. The van der Waals surface area contributed by atoms with Gasteiger partial charge in [0.25, 0.3) is 5.91 Å². The second-order valence-corrected chi connectivity index (χ2v) is 5.13. The molecule has 0 bridgehead atoms. The van der Waals surface area contributed by atoms with Crippen LogP contribution in [-0.4, -0.2) is 22.3 Å². The number of hydrogen-bond donors (Lipinski definition) is 1. The van der Waals surface area contributed by atoms with Gasteiger partial charge in [-0.05, 0) is 25.1 Å². The van der Waals surface area contributed by atoms with Crippen molar-refractivity contribution in [3.63, 3.8) is 0 Å². The van der Waals surface area contributed by atoms with Gasteiger partial charge in [0.05, 0.1) is 5.69 Å². The smallest absolute Gasteiger partial charge is 0.269 e. The number of benzene rings is 1. The fourth-order valence-corrected chi connectivity index (χ4v) is 2.14. The van der Waals surface area contributed by atoms with Crippen LogP contribution in [0.1, 0.15) is 21.7 Å². The van der Waals surface area contributed by atoms with Crippen molar-refractivity contribution in [3.8, 4) is 5.75 Å². The Morgan fingerprint density at radius 2 is 2.30 bits per heavy atom. The van der Waals surface area contributed by atoms with Gasteiger partial charge in [0.15, 0.2) is 11.6 Å². The maximum Gasteiger partial charge on any atom is 0.269 e. The van der Waals surface area contributed by atoms with Gasteiger partial charge in [-0.1, -0.05) is 23.7 Å². The molecule has 0 radical (unpaired) electrons. The Morgan fingerprint density at radius 1 is 1.52 bits per heavy atom. The van der Waals surface area contributed by atoms with Gasteiger partial charge in [0.1, 0.15) is 12.3 Å². The van der Waals surface area contributed by atoms with E-state index in [9.17, 15) is 9.18 Å². The molecule has 1 N–H and O–H groups in total. The Kier molecular flexibility index (Phi) is 5.76. The van der Waals surface area contributed by atoms with Crippen LogP contribution in [0.3, 0.4) is 0 Å². The van der Waals surface area contributed by atoms with E-state index in [4.69, 9.17) is 16.3 Å². The Balaban J connectivity index is 2.04. The van der Waals surface area contributed by atoms with Gasteiger partial charge in [0, 0.05) is 24.7 Å². The third-order valence-electron chi connectivity index (χ3n) is 3.14. The van der Waals surface area contributed by atoms with Crippen molar-refractivity contribution in [3.05, 3.63) is 58.6 Å². The number of carbonyl (C=O) groups is 1. The molecule has 0 unspecified atom stereocenters. The molecule has 1 amide bonds. The molecule has 7 heteroatoms. The van der Waals surface area contributed by atoms with Gasteiger partial charge >= 0.3 is 0 Å². The highest BCUT2D eigenvalue weighted by Gasteiger charge is 2.14. The third kappa shape index (κ3) is 4.32. The highest BCUT2D eigenvalue weighted by molar-refractivity contribution is 6.25. The maximum atomic E-state index is 14.3. The van der Waals surface area contributed by atoms with Gasteiger partial charge in [-0.2, -0.15) is 5.10 Å². The molecule has 0 spiro atoms. The Labute approximate surface area is 138 Å². The number of aryl methyl sites for hydroxylation is 2. The fraction of sp³-hybridized carbons (Fsp3) is 0.250. The first-order chi connectivity index (χ1) is 11.0. The average molecular weight is 338 g/mol. The lowest BCUT2D eigenvalue weighted by Crippen LogP contribution is -2.25. The fourth-order valence-electron chi connectivity index (χ4n) is 2.07. The minimum absolute atomic E-state index is 0.0530. The van der Waals surface area contributed by atoms with Crippen molar-refractivity contribution in [1.82, 2.24) is 15.1 Å². The molecule has 5 nitrogen and oxygen atoms in total. The first-order valence-corrected chi connectivity index (χ1v) is 7.41. The lowest BCUT2D eigenvalue weighted by molar-refractivity contribution is 0.0941. The molecule has 23 heavy (non-hydrogen) atoms. The van der Waals surface area contributed by atoms with Crippen molar-refractivity contribution in [1.29, 1.82) is 0 Å². The van der Waals surface area contributed by atoms with Gasteiger partial charge in [-0.3, -0.25) is 9.48 Å². The highest BCUT2D eigenvalue weighted by atomic mass is 35.5. The van der Waals surface area contributed by atoms with E-state index in [1.54, 1.807) is 38.2 Å². The molecule has 0 saturated carbocycles. The predicted molar refractivity (Wildman–Crippen MR) is 86.0 cm³/mol. The van der Waals surface area contributed by atoms with Gasteiger partial charge in [-0.25, -0.2) is 4.39 Å². The largest absolute Gasteiger partial charge is 0.486 e. The summed E-state index contributed by atoms with van der Waals surface area (Å²) < 4.78 is 21.0. The van der Waals surface area contributed by atoms with Crippen LogP contribution >= 0.6 is 11.6 Å². The van der Waals surface area contributed by atoms with E-state index < -0.39 is 5.82 Å². The maximum absolute atomic E-state index is 14.3. The van der Waals surface area contributed by atoms with E-state index in [1.807, 2.05) is 0 Å². The zero-order chi connectivity index (χ0) is 16.8. The average Bonchev–Trinajstić information content (AvgIpc) is 2.86. The Hall–Kier alpha value is -2.34. The number of aromatic nitrogens is 2. The van der Waals surface area contributed by atoms with Gasteiger partial charge < -0.3 is 10.1 Å². The summed E-state index contributed by atoms with van der Waals surface area (Å²) in [6, 6.07) is 6.45. The predicted octanol–water partition coefficient (Wildman–Crippen LogP) is 2.93.